The van der Waals surface area contributed by atoms with Gasteiger partial charge in [0.2, 0.25) is 5.91 Å². The number of hydrogen-bond acceptors (Lipinski definition) is 2. The maximum Gasteiger partial charge on any atom is 0.227 e. The van der Waals surface area contributed by atoms with Crippen LogP contribution in [-0.2, 0) is 11.4 Å². The molecular formula is C17H16ClNO2. The maximum atomic E-state index is 11.9. The van der Waals surface area contributed by atoms with E-state index in [0.29, 0.717) is 23.1 Å². The Kier molecular flexibility index (Phi) is 4.11. The van der Waals surface area contributed by atoms with Gasteiger partial charge in [-0.2, -0.15) is 0 Å². The van der Waals surface area contributed by atoms with Crippen LogP contribution in [0, 0.1) is 5.92 Å². The van der Waals surface area contributed by atoms with Gasteiger partial charge in [0.25, 0.3) is 0 Å². The Labute approximate surface area is 128 Å². The van der Waals surface area contributed by atoms with E-state index in [1.165, 1.54) is 0 Å². The highest BCUT2D eigenvalue weighted by atomic mass is 35.5. The van der Waals surface area contributed by atoms with E-state index < -0.39 is 0 Å². The Balaban J connectivity index is 1.72. The van der Waals surface area contributed by atoms with Gasteiger partial charge in [-0.05, 0) is 36.6 Å². The highest BCUT2D eigenvalue weighted by Gasteiger charge is 2.30. The number of rotatable bonds is 5. The largest absolute Gasteiger partial charge is 0.487 e. The molecule has 1 N–H and O–H groups in total. The first-order valence-electron chi connectivity index (χ1n) is 6.99. The minimum atomic E-state index is 0.0434. The third-order valence-corrected chi connectivity index (χ3v) is 3.62. The molecule has 1 fully saturated rings. The second-order valence-corrected chi connectivity index (χ2v) is 5.61. The number of carbonyl (C=O) groups is 1. The Morgan fingerprint density at radius 2 is 1.95 bits per heavy atom. The monoisotopic (exact) mass is 301 g/mol. The molecule has 3 nitrogen and oxygen atoms in total. The molecule has 0 saturated heterocycles. The van der Waals surface area contributed by atoms with Crippen molar-refractivity contribution >= 4 is 23.2 Å². The summed E-state index contributed by atoms with van der Waals surface area (Å²) >= 11 is 6.01. The first-order chi connectivity index (χ1) is 10.2. The molecule has 0 radical (unpaired) electrons. The molecule has 0 spiro atoms. The quantitative estimate of drug-likeness (QED) is 0.895. The lowest BCUT2D eigenvalue weighted by molar-refractivity contribution is -0.117. The van der Waals surface area contributed by atoms with Gasteiger partial charge in [0, 0.05) is 10.9 Å². The van der Waals surface area contributed by atoms with Crippen LogP contribution in [0.15, 0.2) is 48.5 Å². The van der Waals surface area contributed by atoms with E-state index >= 15 is 0 Å². The Hall–Kier alpha value is -2.00. The van der Waals surface area contributed by atoms with Gasteiger partial charge in [0.15, 0.2) is 0 Å². The van der Waals surface area contributed by atoms with Gasteiger partial charge in [-0.25, -0.2) is 0 Å². The molecule has 0 aliphatic heterocycles. The number of carbonyl (C=O) groups excluding carboxylic acids is 1. The van der Waals surface area contributed by atoms with Gasteiger partial charge in [0.05, 0.1) is 5.69 Å². The zero-order valence-electron chi connectivity index (χ0n) is 11.5. The molecule has 2 aromatic rings. The molecule has 108 valence electrons. The second kappa shape index (κ2) is 6.19. The number of nitrogens with one attached hydrogen (secondary N) is 1. The van der Waals surface area contributed by atoms with E-state index in [9.17, 15) is 4.79 Å². The van der Waals surface area contributed by atoms with Gasteiger partial charge in [-0.3, -0.25) is 4.79 Å². The number of anilines is 1. The Bertz CT molecular complexity index is 638. The molecule has 2 aromatic carbocycles. The topological polar surface area (TPSA) is 38.3 Å². The summed E-state index contributed by atoms with van der Waals surface area (Å²) in [4.78, 5) is 11.9. The lowest BCUT2D eigenvalue weighted by atomic mass is 10.2. The van der Waals surface area contributed by atoms with Crippen LogP contribution in [0.25, 0.3) is 0 Å². The summed E-state index contributed by atoms with van der Waals surface area (Å²) in [6.45, 7) is 0.453. The van der Waals surface area contributed by atoms with Crippen molar-refractivity contribution in [3.05, 3.63) is 59.1 Å². The summed E-state index contributed by atoms with van der Waals surface area (Å²) in [7, 11) is 0. The SMILES string of the molecule is O=C(Nc1cc(Cl)ccc1OCc1ccccc1)C1CC1. The van der Waals surface area contributed by atoms with Crippen LogP contribution in [0.2, 0.25) is 5.02 Å². The summed E-state index contributed by atoms with van der Waals surface area (Å²) in [5.74, 6) is 0.824. The summed E-state index contributed by atoms with van der Waals surface area (Å²) < 4.78 is 5.81. The molecule has 0 aromatic heterocycles. The van der Waals surface area contributed by atoms with E-state index in [4.69, 9.17) is 16.3 Å². The second-order valence-electron chi connectivity index (χ2n) is 5.18. The van der Waals surface area contributed by atoms with Crippen molar-refractivity contribution in [3.8, 4) is 5.75 Å². The fourth-order valence-electron chi connectivity index (χ4n) is 2.04. The van der Waals surface area contributed by atoms with Crippen LogP contribution in [-0.4, -0.2) is 5.91 Å². The normalized spacial score (nSPS) is 13.8. The number of hydrogen-bond donors (Lipinski definition) is 1. The fraction of sp³-hybridized carbons (Fsp3) is 0.235. The average molecular weight is 302 g/mol. The van der Waals surface area contributed by atoms with Gasteiger partial charge in [-0.1, -0.05) is 41.9 Å². The molecule has 1 aliphatic rings. The van der Waals surface area contributed by atoms with E-state index in [-0.39, 0.29) is 11.8 Å². The van der Waals surface area contributed by atoms with Crippen LogP contribution in [0.1, 0.15) is 18.4 Å². The Morgan fingerprint density at radius 1 is 1.19 bits per heavy atom. The summed E-state index contributed by atoms with van der Waals surface area (Å²) in [5.41, 5.74) is 1.71. The predicted molar refractivity (Wildman–Crippen MR) is 83.6 cm³/mol. The van der Waals surface area contributed by atoms with Crippen molar-refractivity contribution in [2.45, 2.75) is 19.4 Å². The third kappa shape index (κ3) is 3.76. The predicted octanol–water partition coefficient (Wildman–Crippen LogP) is 4.27. The maximum absolute atomic E-state index is 11.9. The van der Waals surface area contributed by atoms with Gasteiger partial charge in [0.1, 0.15) is 12.4 Å². The number of amides is 1. The molecule has 0 heterocycles. The van der Waals surface area contributed by atoms with Gasteiger partial charge < -0.3 is 10.1 Å². The van der Waals surface area contributed by atoms with E-state index in [1.54, 1.807) is 18.2 Å². The van der Waals surface area contributed by atoms with Crippen molar-refractivity contribution in [3.63, 3.8) is 0 Å². The highest BCUT2D eigenvalue weighted by molar-refractivity contribution is 6.31. The summed E-state index contributed by atoms with van der Waals surface area (Å²) in [6.07, 6.45) is 1.93. The lowest BCUT2D eigenvalue weighted by Crippen LogP contribution is -2.14. The number of benzene rings is 2. The van der Waals surface area contributed by atoms with Crippen LogP contribution in [0.4, 0.5) is 5.69 Å². The standard InChI is InChI=1S/C17H16ClNO2/c18-14-8-9-16(21-11-12-4-2-1-3-5-12)15(10-14)19-17(20)13-6-7-13/h1-5,8-10,13H,6-7,11H2,(H,19,20). The summed E-state index contributed by atoms with van der Waals surface area (Å²) in [5, 5.41) is 3.48. The molecule has 21 heavy (non-hydrogen) atoms. The summed E-state index contributed by atoms with van der Waals surface area (Å²) in [6, 6.07) is 15.2. The number of halogens is 1. The minimum Gasteiger partial charge on any atom is -0.487 e. The molecule has 1 aliphatic carbocycles. The van der Waals surface area contributed by atoms with Crippen molar-refractivity contribution < 1.29 is 9.53 Å². The molecule has 1 amide bonds. The molecule has 0 unspecified atom stereocenters. The van der Waals surface area contributed by atoms with Crippen LogP contribution in [0.5, 0.6) is 5.75 Å². The van der Waals surface area contributed by atoms with Crippen LogP contribution >= 0.6 is 11.6 Å². The lowest BCUT2D eigenvalue weighted by Gasteiger charge is -2.13. The van der Waals surface area contributed by atoms with Crippen molar-refractivity contribution in [1.29, 1.82) is 0 Å². The molecule has 0 bridgehead atoms. The van der Waals surface area contributed by atoms with E-state index in [1.807, 2.05) is 30.3 Å². The van der Waals surface area contributed by atoms with Gasteiger partial charge >= 0.3 is 0 Å². The molecule has 4 heteroatoms. The van der Waals surface area contributed by atoms with Gasteiger partial charge in [-0.15, -0.1) is 0 Å². The van der Waals surface area contributed by atoms with Crippen molar-refractivity contribution in [2.24, 2.45) is 5.92 Å². The van der Waals surface area contributed by atoms with Crippen LogP contribution in [0.3, 0.4) is 0 Å². The van der Waals surface area contributed by atoms with Crippen molar-refractivity contribution in [1.82, 2.24) is 0 Å². The first kappa shape index (κ1) is 14.0. The average Bonchev–Trinajstić information content (AvgIpc) is 3.32. The first-order valence-corrected chi connectivity index (χ1v) is 7.37. The molecule has 1 saturated carbocycles. The van der Waals surface area contributed by atoms with E-state index in [0.717, 1.165) is 18.4 Å². The Morgan fingerprint density at radius 3 is 2.67 bits per heavy atom. The zero-order chi connectivity index (χ0) is 14.7. The molecule has 3 rings (SSSR count). The molecular weight excluding hydrogens is 286 g/mol. The number of ether oxygens (including phenoxy) is 1. The zero-order valence-corrected chi connectivity index (χ0v) is 12.3. The fourth-order valence-corrected chi connectivity index (χ4v) is 2.21. The van der Waals surface area contributed by atoms with E-state index in [2.05, 4.69) is 5.32 Å². The molecule has 0 atom stereocenters. The van der Waals surface area contributed by atoms with Crippen molar-refractivity contribution in [2.75, 3.05) is 5.32 Å². The third-order valence-electron chi connectivity index (χ3n) is 3.38. The highest BCUT2D eigenvalue weighted by Crippen LogP contribution is 2.33. The van der Waals surface area contributed by atoms with Crippen LogP contribution < -0.4 is 10.1 Å². The minimum absolute atomic E-state index is 0.0434. The smallest absolute Gasteiger partial charge is 0.227 e.